The Morgan fingerprint density at radius 3 is 2.54 bits per heavy atom. The molecule has 0 saturated carbocycles. The molecule has 0 bridgehead atoms. The molecule has 1 aromatic rings. The number of anilines is 1. The average Bonchev–Trinajstić information content (AvgIpc) is 2.51. The van der Waals surface area contributed by atoms with E-state index in [0.29, 0.717) is 12.3 Å². The Hall–Kier alpha value is -1.78. The summed E-state index contributed by atoms with van der Waals surface area (Å²) in [4.78, 5) is 0. The van der Waals surface area contributed by atoms with Crippen molar-refractivity contribution in [1.82, 2.24) is 4.72 Å². The van der Waals surface area contributed by atoms with Crippen molar-refractivity contribution in [2.45, 2.75) is 44.8 Å². The Morgan fingerprint density at radius 1 is 1.17 bits per heavy atom. The molecule has 134 valence electrons. The fourth-order valence-electron chi connectivity index (χ4n) is 1.89. The summed E-state index contributed by atoms with van der Waals surface area (Å²) in [7, 11) is -3.25. The molecule has 6 nitrogen and oxygen atoms in total. The van der Waals surface area contributed by atoms with Gasteiger partial charge in [-0.25, -0.2) is 13.1 Å². The molecule has 0 amide bonds. The van der Waals surface area contributed by atoms with Crippen LogP contribution in [0.3, 0.4) is 0 Å². The minimum atomic E-state index is -3.25. The maximum atomic E-state index is 11.9. The number of sulfonamides is 1. The second kappa shape index (κ2) is 9.50. The van der Waals surface area contributed by atoms with Crippen molar-refractivity contribution >= 4 is 15.7 Å². The molecule has 7 heteroatoms. The number of nitrogens with one attached hydrogen (secondary N) is 2. The number of nitriles is 1. The van der Waals surface area contributed by atoms with E-state index in [9.17, 15) is 8.42 Å². The van der Waals surface area contributed by atoms with Crippen LogP contribution in [0.5, 0.6) is 5.75 Å². The molecule has 1 aromatic carbocycles. The minimum absolute atomic E-state index is 0.0356. The van der Waals surface area contributed by atoms with Gasteiger partial charge in [-0.3, -0.25) is 0 Å². The fraction of sp³-hybridized carbons (Fsp3) is 0.588. The van der Waals surface area contributed by atoms with Gasteiger partial charge >= 0.3 is 0 Å². The molecule has 0 aliphatic carbocycles. The van der Waals surface area contributed by atoms with Gasteiger partial charge in [0.05, 0.1) is 4.75 Å². The third-order valence-corrected chi connectivity index (χ3v) is 5.61. The average molecular weight is 353 g/mol. The highest BCUT2D eigenvalue weighted by Gasteiger charge is 2.27. The maximum Gasteiger partial charge on any atom is 0.216 e. The number of hydrogen-bond acceptors (Lipinski definition) is 5. The first-order valence-corrected chi connectivity index (χ1v) is 9.57. The number of rotatable bonds is 10. The largest absolute Gasteiger partial charge is 0.479 e. The van der Waals surface area contributed by atoms with E-state index in [0.717, 1.165) is 31.5 Å². The van der Waals surface area contributed by atoms with Crippen molar-refractivity contribution in [3.05, 3.63) is 24.3 Å². The first-order valence-electron chi connectivity index (χ1n) is 8.09. The van der Waals surface area contributed by atoms with Crippen molar-refractivity contribution in [3.8, 4) is 11.8 Å². The van der Waals surface area contributed by atoms with Crippen molar-refractivity contribution in [3.63, 3.8) is 0 Å². The van der Waals surface area contributed by atoms with Gasteiger partial charge in [-0.2, -0.15) is 5.26 Å². The Kier molecular flexibility index (Phi) is 8.02. The third kappa shape index (κ3) is 7.20. The van der Waals surface area contributed by atoms with Crippen LogP contribution in [-0.4, -0.2) is 32.9 Å². The third-order valence-electron chi connectivity index (χ3n) is 3.42. The SMILES string of the molecule is CC(C)(C)S(=O)(=O)NCCCCCNc1cccc(OCC#N)c1. The number of nitrogens with zero attached hydrogens (tertiary/aromatic N) is 1. The topological polar surface area (TPSA) is 91.2 Å². The zero-order valence-electron chi connectivity index (χ0n) is 14.6. The van der Waals surface area contributed by atoms with Crippen LogP contribution < -0.4 is 14.8 Å². The maximum absolute atomic E-state index is 11.9. The molecule has 0 fully saturated rings. The van der Waals surface area contributed by atoms with Gasteiger partial charge in [-0.05, 0) is 45.7 Å². The van der Waals surface area contributed by atoms with Crippen LogP contribution in [0.15, 0.2) is 24.3 Å². The smallest absolute Gasteiger partial charge is 0.216 e. The van der Waals surface area contributed by atoms with Gasteiger partial charge in [-0.1, -0.05) is 12.5 Å². The molecule has 2 N–H and O–H groups in total. The monoisotopic (exact) mass is 353 g/mol. The molecule has 0 radical (unpaired) electrons. The van der Waals surface area contributed by atoms with Gasteiger partial charge < -0.3 is 10.1 Å². The predicted octanol–water partition coefficient (Wildman–Crippen LogP) is 2.89. The van der Waals surface area contributed by atoms with Crippen LogP contribution in [0.25, 0.3) is 0 Å². The summed E-state index contributed by atoms with van der Waals surface area (Å²) in [5, 5.41) is 11.8. The molecule has 0 saturated heterocycles. The van der Waals surface area contributed by atoms with Crippen LogP contribution in [0.4, 0.5) is 5.69 Å². The van der Waals surface area contributed by atoms with Crippen LogP contribution in [0.2, 0.25) is 0 Å². The molecular formula is C17H27N3O3S. The fourth-order valence-corrected chi connectivity index (χ4v) is 2.74. The lowest BCUT2D eigenvalue weighted by atomic mass is 10.2. The van der Waals surface area contributed by atoms with Gasteiger partial charge in [-0.15, -0.1) is 0 Å². The molecule has 0 unspecified atom stereocenters. The summed E-state index contributed by atoms with van der Waals surface area (Å²) in [6, 6.07) is 9.41. The highest BCUT2D eigenvalue weighted by molar-refractivity contribution is 7.90. The summed E-state index contributed by atoms with van der Waals surface area (Å²) < 4.78 is 30.9. The van der Waals surface area contributed by atoms with Gasteiger partial charge in [0.2, 0.25) is 10.0 Å². The standard InChI is InChI=1S/C17H27N3O3S/c1-17(2,3)24(21,22)20-12-6-4-5-11-19-15-8-7-9-16(14-15)23-13-10-18/h7-9,14,19-20H,4-6,11-13H2,1-3H3. The minimum Gasteiger partial charge on any atom is -0.479 e. The lowest BCUT2D eigenvalue weighted by Gasteiger charge is -2.19. The van der Waals surface area contributed by atoms with Gasteiger partial charge in [0.1, 0.15) is 11.8 Å². The van der Waals surface area contributed by atoms with E-state index in [4.69, 9.17) is 10.00 Å². The molecule has 0 aromatic heterocycles. The molecule has 0 aliphatic heterocycles. The Balaban J connectivity index is 2.20. The number of hydrogen-bond donors (Lipinski definition) is 2. The van der Waals surface area contributed by atoms with Gasteiger partial charge in [0, 0.05) is 24.8 Å². The first-order chi connectivity index (χ1) is 11.3. The van der Waals surface area contributed by atoms with Crippen LogP contribution in [0, 0.1) is 11.3 Å². The Bertz CT molecular complexity index is 646. The molecular weight excluding hydrogens is 326 g/mol. The van der Waals surface area contributed by atoms with E-state index in [1.165, 1.54) is 0 Å². The van der Waals surface area contributed by atoms with E-state index >= 15 is 0 Å². The molecule has 0 spiro atoms. The highest BCUT2D eigenvalue weighted by Crippen LogP contribution is 2.17. The van der Waals surface area contributed by atoms with Crippen LogP contribution in [0.1, 0.15) is 40.0 Å². The summed E-state index contributed by atoms with van der Waals surface area (Å²) in [6.45, 7) is 6.37. The number of unbranched alkanes of at least 4 members (excludes halogenated alkanes) is 2. The molecule has 0 heterocycles. The van der Waals surface area contributed by atoms with Gasteiger partial charge in [0.25, 0.3) is 0 Å². The summed E-state index contributed by atoms with van der Waals surface area (Å²) in [6.07, 6.45) is 2.69. The zero-order valence-corrected chi connectivity index (χ0v) is 15.4. The molecule has 0 atom stereocenters. The lowest BCUT2D eigenvalue weighted by Crippen LogP contribution is -2.39. The van der Waals surface area contributed by atoms with Crippen LogP contribution in [-0.2, 0) is 10.0 Å². The number of ether oxygens (including phenoxy) is 1. The van der Waals surface area contributed by atoms with Crippen molar-refractivity contribution in [1.29, 1.82) is 5.26 Å². The highest BCUT2D eigenvalue weighted by atomic mass is 32.2. The van der Waals surface area contributed by atoms with Gasteiger partial charge in [0.15, 0.2) is 6.61 Å². The van der Waals surface area contributed by atoms with E-state index in [2.05, 4.69) is 10.0 Å². The van der Waals surface area contributed by atoms with E-state index in [1.54, 1.807) is 20.8 Å². The van der Waals surface area contributed by atoms with Crippen LogP contribution >= 0.6 is 0 Å². The lowest BCUT2D eigenvalue weighted by molar-refractivity contribution is 0.368. The summed E-state index contributed by atoms with van der Waals surface area (Å²) in [5.74, 6) is 0.665. The van der Waals surface area contributed by atoms with E-state index in [1.807, 2.05) is 30.3 Å². The normalized spacial score (nSPS) is 11.8. The molecule has 24 heavy (non-hydrogen) atoms. The molecule has 1 rings (SSSR count). The summed E-state index contributed by atoms with van der Waals surface area (Å²) >= 11 is 0. The van der Waals surface area contributed by atoms with Crippen molar-refractivity contribution in [2.24, 2.45) is 0 Å². The Morgan fingerprint density at radius 2 is 1.88 bits per heavy atom. The van der Waals surface area contributed by atoms with E-state index < -0.39 is 14.8 Å². The second-order valence-electron chi connectivity index (χ2n) is 6.47. The van der Waals surface area contributed by atoms with Crippen molar-refractivity contribution in [2.75, 3.05) is 25.0 Å². The quantitative estimate of drug-likeness (QED) is 0.631. The van der Waals surface area contributed by atoms with Crippen molar-refractivity contribution < 1.29 is 13.2 Å². The Labute approximate surface area is 145 Å². The summed E-state index contributed by atoms with van der Waals surface area (Å²) in [5.41, 5.74) is 0.943. The van der Waals surface area contributed by atoms with E-state index in [-0.39, 0.29) is 6.61 Å². The number of benzene rings is 1. The second-order valence-corrected chi connectivity index (χ2v) is 8.99. The molecule has 0 aliphatic rings. The predicted molar refractivity (Wildman–Crippen MR) is 96.6 cm³/mol. The first kappa shape index (κ1) is 20.3. The zero-order chi connectivity index (χ0) is 18.1.